The maximum absolute atomic E-state index is 12.9. The number of carboxylic acids is 1. The molecule has 1 N–H and O–H groups in total. The molecule has 1 saturated heterocycles. The molecular weight excluding hydrogens is 294 g/mol. The number of amides is 1. The zero-order valence-electron chi connectivity index (χ0n) is 13.7. The van der Waals surface area contributed by atoms with Crippen molar-refractivity contribution in [2.45, 2.75) is 46.1 Å². The van der Waals surface area contributed by atoms with Crippen LogP contribution in [0.25, 0.3) is 11.0 Å². The number of aliphatic carboxylic acids is 1. The molecule has 23 heavy (non-hydrogen) atoms. The Kier molecular flexibility index (Phi) is 3.88. The van der Waals surface area contributed by atoms with Crippen molar-refractivity contribution >= 4 is 22.8 Å². The molecule has 1 aliphatic heterocycles. The number of aryl methyl sites for hydroxylation is 3. The van der Waals surface area contributed by atoms with E-state index in [4.69, 9.17) is 9.52 Å². The molecule has 0 aliphatic carbocycles. The van der Waals surface area contributed by atoms with Gasteiger partial charge in [0.15, 0.2) is 5.76 Å². The highest BCUT2D eigenvalue weighted by Gasteiger charge is 2.33. The Balaban J connectivity index is 2.01. The molecule has 0 spiro atoms. The van der Waals surface area contributed by atoms with E-state index in [1.165, 1.54) is 0 Å². The predicted octanol–water partition coefficient (Wildman–Crippen LogP) is 3.44. The molecule has 122 valence electrons. The maximum atomic E-state index is 12.9. The number of likely N-dealkylation sites (tertiary alicyclic amines) is 1. The molecule has 1 aromatic heterocycles. The fraction of sp³-hybridized carbons (Fsp3) is 0.444. The van der Waals surface area contributed by atoms with E-state index >= 15 is 0 Å². The summed E-state index contributed by atoms with van der Waals surface area (Å²) in [4.78, 5) is 25.5. The first-order chi connectivity index (χ1) is 10.9. The van der Waals surface area contributed by atoms with Crippen molar-refractivity contribution < 1.29 is 19.1 Å². The molecule has 1 aromatic carbocycles. The molecule has 2 heterocycles. The number of hydrogen-bond acceptors (Lipinski definition) is 3. The second kappa shape index (κ2) is 5.72. The van der Waals surface area contributed by atoms with Crippen molar-refractivity contribution in [3.8, 4) is 0 Å². The fourth-order valence-electron chi connectivity index (χ4n) is 3.53. The van der Waals surface area contributed by atoms with Crippen LogP contribution >= 0.6 is 0 Å². The summed E-state index contributed by atoms with van der Waals surface area (Å²) in [5.41, 5.74) is 3.66. The van der Waals surface area contributed by atoms with Gasteiger partial charge >= 0.3 is 5.97 Å². The van der Waals surface area contributed by atoms with Gasteiger partial charge in [0.2, 0.25) is 0 Å². The van der Waals surface area contributed by atoms with Crippen LogP contribution < -0.4 is 0 Å². The topological polar surface area (TPSA) is 70.8 Å². The minimum absolute atomic E-state index is 0.0108. The van der Waals surface area contributed by atoms with Gasteiger partial charge in [-0.25, -0.2) is 0 Å². The summed E-state index contributed by atoms with van der Waals surface area (Å²) in [6.07, 6.45) is 1.56. The maximum Gasteiger partial charge on any atom is 0.305 e. The molecule has 1 unspecified atom stereocenters. The number of nitrogens with zero attached hydrogens (tertiary/aromatic N) is 1. The lowest BCUT2D eigenvalue weighted by atomic mass is 10.0. The summed E-state index contributed by atoms with van der Waals surface area (Å²) in [7, 11) is 0. The van der Waals surface area contributed by atoms with Gasteiger partial charge < -0.3 is 14.4 Å². The third-order valence-electron chi connectivity index (χ3n) is 4.73. The number of fused-ring (bicyclic) bond motifs is 1. The number of carbonyl (C=O) groups is 2. The Labute approximate surface area is 134 Å². The lowest BCUT2D eigenvalue weighted by molar-refractivity contribution is -0.137. The molecule has 1 amide bonds. The van der Waals surface area contributed by atoms with Crippen molar-refractivity contribution in [1.82, 2.24) is 4.90 Å². The Hall–Kier alpha value is -2.30. The Bertz CT molecular complexity index is 790. The lowest BCUT2D eigenvalue weighted by Gasteiger charge is -2.22. The number of benzene rings is 1. The zero-order chi connectivity index (χ0) is 16.7. The molecule has 1 atom stereocenters. The van der Waals surface area contributed by atoms with Crippen LogP contribution in [0.5, 0.6) is 0 Å². The van der Waals surface area contributed by atoms with Crippen LogP contribution in [0, 0.1) is 20.8 Å². The van der Waals surface area contributed by atoms with Crippen LogP contribution in [0.1, 0.15) is 46.5 Å². The SMILES string of the molecule is Cc1ccc(C)c2c(C)c(C(=O)N3CCCC3CC(=O)O)oc12. The van der Waals surface area contributed by atoms with E-state index in [1.807, 2.05) is 32.9 Å². The summed E-state index contributed by atoms with van der Waals surface area (Å²) in [6, 6.07) is 3.77. The first kappa shape index (κ1) is 15.6. The van der Waals surface area contributed by atoms with Crippen LogP contribution in [-0.2, 0) is 4.79 Å². The standard InChI is InChI=1S/C18H21NO4/c1-10-6-7-11(2)16-15(10)12(3)17(23-16)18(22)19-8-4-5-13(19)9-14(20)21/h6-7,13H,4-5,8-9H2,1-3H3,(H,20,21). The molecule has 3 rings (SSSR count). The van der Waals surface area contributed by atoms with Gasteiger partial charge in [-0.1, -0.05) is 12.1 Å². The molecule has 1 fully saturated rings. The summed E-state index contributed by atoms with van der Waals surface area (Å²) < 4.78 is 5.90. The second-order valence-electron chi connectivity index (χ2n) is 6.35. The monoisotopic (exact) mass is 315 g/mol. The van der Waals surface area contributed by atoms with Crippen molar-refractivity contribution in [3.63, 3.8) is 0 Å². The number of furan rings is 1. The molecule has 5 nitrogen and oxygen atoms in total. The summed E-state index contributed by atoms with van der Waals surface area (Å²) in [5.74, 6) is -0.723. The Morgan fingerprint density at radius 1 is 1.26 bits per heavy atom. The summed E-state index contributed by atoms with van der Waals surface area (Å²) in [5, 5.41) is 10.0. The van der Waals surface area contributed by atoms with E-state index in [0.717, 1.165) is 40.5 Å². The zero-order valence-corrected chi connectivity index (χ0v) is 13.7. The minimum Gasteiger partial charge on any atom is -0.481 e. The van der Waals surface area contributed by atoms with Crippen molar-refractivity contribution in [2.24, 2.45) is 0 Å². The largest absolute Gasteiger partial charge is 0.481 e. The highest BCUT2D eigenvalue weighted by Crippen LogP contribution is 2.32. The number of hydrogen-bond donors (Lipinski definition) is 1. The van der Waals surface area contributed by atoms with Crippen molar-refractivity contribution in [3.05, 3.63) is 34.6 Å². The average molecular weight is 315 g/mol. The van der Waals surface area contributed by atoms with E-state index in [9.17, 15) is 9.59 Å². The summed E-state index contributed by atoms with van der Waals surface area (Å²) in [6.45, 7) is 6.45. The smallest absolute Gasteiger partial charge is 0.305 e. The molecule has 2 aromatic rings. The van der Waals surface area contributed by atoms with Gasteiger partial charge in [0.05, 0.1) is 6.42 Å². The van der Waals surface area contributed by atoms with Crippen molar-refractivity contribution in [1.29, 1.82) is 0 Å². The van der Waals surface area contributed by atoms with E-state index in [0.29, 0.717) is 12.3 Å². The number of carboxylic acid groups (broad SMARTS) is 1. The van der Waals surface area contributed by atoms with Gasteiger partial charge in [0, 0.05) is 23.5 Å². The van der Waals surface area contributed by atoms with Gasteiger partial charge in [0.1, 0.15) is 5.58 Å². The number of rotatable bonds is 3. The Morgan fingerprint density at radius 2 is 1.96 bits per heavy atom. The fourth-order valence-corrected chi connectivity index (χ4v) is 3.53. The third-order valence-corrected chi connectivity index (χ3v) is 4.73. The van der Waals surface area contributed by atoms with E-state index < -0.39 is 5.97 Å². The highest BCUT2D eigenvalue weighted by atomic mass is 16.4. The average Bonchev–Trinajstić information content (AvgIpc) is 3.07. The van der Waals surface area contributed by atoms with Crippen LogP contribution in [-0.4, -0.2) is 34.5 Å². The molecular formula is C18H21NO4. The normalized spacial score (nSPS) is 17.9. The minimum atomic E-state index is -0.872. The predicted molar refractivity (Wildman–Crippen MR) is 86.7 cm³/mol. The van der Waals surface area contributed by atoms with Crippen LogP contribution in [0.3, 0.4) is 0 Å². The quantitative estimate of drug-likeness (QED) is 0.942. The molecule has 5 heteroatoms. The highest BCUT2D eigenvalue weighted by molar-refractivity contribution is 6.00. The lowest BCUT2D eigenvalue weighted by Crippen LogP contribution is -2.36. The van der Waals surface area contributed by atoms with E-state index in [2.05, 4.69) is 0 Å². The van der Waals surface area contributed by atoms with E-state index in [-0.39, 0.29) is 18.4 Å². The molecule has 0 saturated carbocycles. The van der Waals surface area contributed by atoms with Gasteiger partial charge in [-0.3, -0.25) is 9.59 Å². The third kappa shape index (κ3) is 2.60. The summed E-state index contributed by atoms with van der Waals surface area (Å²) >= 11 is 0. The molecule has 0 radical (unpaired) electrons. The van der Waals surface area contributed by atoms with E-state index in [1.54, 1.807) is 4.90 Å². The molecule has 1 aliphatic rings. The van der Waals surface area contributed by atoms with Crippen molar-refractivity contribution in [2.75, 3.05) is 6.54 Å². The first-order valence-corrected chi connectivity index (χ1v) is 7.92. The Morgan fingerprint density at radius 3 is 2.61 bits per heavy atom. The van der Waals surface area contributed by atoms with Gasteiger partial charge in [0.25, 0.3) is 5.91 Å². The number of carbonyl (C=O) groups excluding carboxylic acids is 1. The molecule has 0 bridgehead atoms. The van der Waals surface area contributed by atoms with Gasteiger partial charge in [-0.2, -0.15) is 0 Å². The second-order valence-corrected chi connectivity index (χ2v) is 6.35. The van der Waals surface area contributed by atoms with Gasteiger partial charge in [-0.05, 0) is 44.7 Å². The van der Waals surface area contributed by atoms with Crippen LogP contribution in [0.2, 0.25) is 0 Å². The first-order valence-electron chi connectivity index (χ1n) is 7.92. The van der Waals surface area contributed by atoms with Gasteiger partial charge in [-0.15, -0.1) is 0 Å². The van der Waals surface area contributed by atoms with Crippen LogP contribution in [0.4, 0.5) is 0 Å². The van der Waals surface area contributed by atoms with Crippen LogP contribution in [0.15, 0.2) is 16.5 Å².